The summed E-state index contributed by atoms with van der Waals surface area (Å²) in [5.74, 6) is 0.0789. The number of thiocarbonyl (C=S) groups is 1. The maximum Gasteiger partial charge on any atom is 0.340 e. The highest BCUT2D eigenvalue weighted by Crippen LogP contribution is 2.57. The van der Waals surface area contributed by atoms with E-state index in [1.54, 1.807) is 30.3 Å². The number of nitrogens with two attached hydrogens (primary N) is 1. The van der Waals surface area contributed by atoms with Crippen molar-refractivity contribution in [1.29, 1.82) is 0 Å². The van der Waals surface area contributed by atoms with Gasteiger partial charge in [0.15, 0.2) is 5.60 Å². The van der Waals surface area contributed by atoms with Crippen molar-refractivity contribution in [3.8, 4) is 23.0 Å². The first-order chi connectivity index (χ1) is 13.4. The van der Waals surface area contributed by atoms with Crippen LogP contribution in [0.4, 0.5) is 0 Å². The van der Waals surface area contributed by atoms with Crippen molar-refractivity contribution in [1.82, 2.24) is 0 Å². The molecule has 6 nitrogen and oxygen atoms in total. The Hall–Kier alpha value is -3.58. The molecule has 28 heavy (non-hydrogen) atoms. The maximum absolute atomic E-state index is 12.9. The Morgan fingerprint density at radius 2 is 1.54 bits per heavy atom. The minimum atomic E-state index is -1.31. The molecular weight excluding hydrogens is 378 g/mol. The number of benzene rings is 3. The van der Waals surface area contributed by atoms with Gasteiger partial charge in [-0.15, -0.1) is 0 Å². The van der Waals surface area contributed by atoms with Gasteiger partial charge in [0, 0.05) is 34.4 Å². The first kappa shape index (κ1) is 16.6. The molecule has 0 bridgehead atoms. The summed E-state index contributed by atoms with van der Waals surface area (Å²) < 4.78 is 11.9. The van der Waals surface area contributed by atoms with Crippen LogP contribution in [0.3, 0.4) is 0 Å². The standard InChI is InChI=1S/C21H13NO5S/c22-19(28)12-2-1-3-15-18(12)20(25)27-21(15)13-6-4-10(23)8-16(13)26-17-9-11(24)5-7-14(17)21/h1-9,23-24H,(H2,22,28). The van der Waals surface area contributed by atoms with Crippen molar-refractivity contribution in [3.05, 3.63) is 82.4 Å². The second-order valence-corrected chi connectivity index (χ2v) is 7.07. The van der Waals surface area contributed by atoms with Crippen LogP contribution in [0.2, 0.25) is 0 Å². The van der Waals surface area contributed by atoms with E-state index in [4.69, 9.17) is 27.4 Å². The molecule has 138 valence electrons. The summed E-state index contributed by atoms with van der Waals surface area (Å²) in [4.78, 5) is 13.0. The Bertz CT molecular complexity index is 1150. The van der Waals surface area contributed by atoms with E-state index in [1.807, 2.05) is 0 Å². The molecule has 0 aliphatic carbocycles. The SMILES string of the molecule is NC(=S)c1cccc2c1C(=O)OC21c2ccc(O)cc2Oc2cc(O)ccc21. The van der Waals surface area contributed by atoms with Gasteiger partial charge >= 0.3 is 5.97 Å². The van der Waals surface area contributed by atoms with Gasteiger partial charge in [0.05, 0.1) is 5.56 Å². The number of ether oxygens (including phenoxy) is 2. The molecule has 2 aliphatic heterocycles. The molecular formula is C21H13NO5S. The smallest absolute Gasteiger partial charge is 0.340 e. The predicted octanol–water partition coefficient (Wildman–Crippen LogP) is 3.30. The molecule has 0 amide bonds. The first-order valence-corrected chi connectivity index (χ1v) is 8.84. The van der Waals surface area contributed by atoms with Gasteiger partial charge in [-0.1, -0.05) is 30.4 Å². The van der Waals surface area contributed by atoms with Crippen molar-refractivity contribution in [2.45, 2.75) is 5.60 Å². The highest BCUT2D eigenvalue weighted by atomic mass is 32.1. The van der Waals surface area contributed by atoms with Gasteiger partial charge in [0.2, 0.25) is 0 Å². The van der Waals surface area contributed by atoms with Crippen molar-refractivity contribution in [2.24, 2.45) is 5.73 Å². The van der Waals surface area contributed by atoms with E-state index in [-0.39, 0.29) is 16.5 Å². The molecule has 5 rings (SSSR count). The number of carbonyl (C=O) groups is 1. The van der Waals surface area contributed by atoms with Crippen molar-refractivity contribution in [2.75, 3.05) is 0 Å². The summed E-state index contributed by atoms with van der Waals surface area (Å²) in [6, 6.07) is 14.4. The van der Waals surface area contributed by atoms with E-state index in [2.05, 4.69) is 0 Å². The molecule has 0 saturated carbocycles. The predicted molar refractivity (Wildman–Crippen MR) is 104 cm³/mol. The molecule has 0 atom stereocenters. The van der Waals surface area contributed by atoms with Crippen LogP contribution < -0.4 is 10.5 Å². The second-order valence-electron chi connectivity index (χ2n) is 6.63. The molecule has 1 spiro atoms. The fourth-order valence-corrected chi connectivity index (χ4v) is 4.12. The lowest BCUT2D eigenvalue weighted by atomic mass is 9.77. The lowest BCUT2D eigenvalue weighted by molar-refractivity contribution is 0.0224. The number of phenolic OH excluding ortho intramolecular Hbond substituents is 2. The maximum atomic E-state index is 12.9. The zero-order valence-corrected chi connectivity index (χ0v) is 15.1. The number of fused-ring (bicyclic) bond motifs is 6. The molecule has 0 radical (unpaired) electrons. The van der Waals surface area contributed by atoms with Gasteiger partial charge in [0.1, 0.15) is 28.0 Å². The summed E-state index contributed by atoms with van der Waals surface area (Å²) in [7, 11) is 0. The minimum Gasteiger partial charge on any atom is -0.508 e. The highest BCUT2D eigenvalue weighted by Gasteiger charge is 2.54. The molecule has 0 aromatic heterocycles. The molecule has 3 aromatic rings. The Labute approximate surface area is 164 Å². The molecule has 2 aliphatic rings. The zero-order valence-electron chi connectivity index (χ0n) is 14.3. The third kappa shape index (κ3) is 2.02. The number of carbonyl (C=O) groups excluding carboxylic acids is 1. The molecule has 2 heterocycles. The van der Waals surface area contributed by atoms with Crippen LogP contribution in [0.15, 0.2) is 54.6 Å². The van der Waals surface area contributed by atoms with E-state index < -0.39 is 11.6 Å². The monoisotopic (exact) mass is 391 g/mol. The number of phenols is 2. The summed E-state index contributed by atoms with van der Waals surface area (Å²) >= 11 is 5.12. The highest BCUT2D eigenvalue weighted by molar-refractivity contribution is 7.80. The molecule has 3 aromatic carbocycles. The summed E-state index contributed by atoms with van der Waals surface area (Å²) in [6.45, 7) is 0. The van der Waals surface area contributed by atoms with Gasteiger partial charge in [-0.3, -0.25) is 0 Å². The molecule has 0 fully saturated rings. The average Bonchev–Trinajstić information content (AvgIpc) is 2.95. The fraction of sp³-hybridized carbons (Fsp3) is 0.0476. The van der Waals surface area contributed by atoms with Crippen LogP contribution in [-0.4, -0.2) is 21.2 Å². The molecule has 7 heteroatoms. The quantitative estimate of drug-likeness (QED) is 0.432. The molecule has 0 saturated heterocycles. The number of rotatable bonds is 1. The fourth-order valence-electron chi connectivity index (χ4n) is 3.95. The van der Waals surface area contributed by atoms with E-state index in [9.17, 15) is 15.0 Å². The number of aromatic hydroxyl groups is 2. The van der Waals surface area contributed by atoms with E-state index in [1.165, 1.54) is 24.3 Å². The van der Waals surface area contributed by atoms with Crippen LogP contribution in [-0.2, 0) is 10.3 Å². The number of esters is 1. The molecule has 4 N–H and O–H groups in total. The van der Waals surface area contributed by atoms with Gasteiger partial charge in [-0.05, 0) is 24.3 Å². The summed E-state index contributed by atoms with van der Waals surface area (Å²) in [5, 5.41) is 19.8. The van der Waals surface area contributed by atoms with Crippen LogP contribution in [0.1, 0.15) is 32.6 Å². The summed E-state index contributed by atoms with van der Waals surface area (Å²) in [6.07, 6.45) is 0. The van der Waals surface area contributed by atoms with Crippen LogP contribution in [0.25, 0.3) is 0 Å². The third-order valence-electron chi connectivity index (χ3n) is 5.07. The molecule has 0 unspecified atom stereocenters. The van der Waals surface area contributed by atoms with E-state index >= 15 is 0 Å². The lowest BCUT2D eigenvalue weighted by Crippen LogP contribution is -2.32. The van der Waals surface area contributed by atoms with Gasteiger partial charge < -0.3 is 25.4 Å². The summed E-state index contributed by atoms with van der Waals surface area (Å²) in [5.41, 5.74) is 6.93. The third-order valence-corrected chi connectivity index (χ3v) is 5.29. The van der Waals surface area contributed by atoms with Gasteiger partial charge in [-0.2, -0.15) is 0 Å². The van der Waals surface area contributed by atoms with Crippen LogP contribution in [0.5, 0.6) is 23.0 Å². The lowest BCUT2D eigenvalue weighted by Gasteiger charge is -2.36. The van der Waals surface area contributed by atoms with E-state index in [0.717, 1.165) is 0 Å². The van der Waals surface area contributed by atoms with Crippen molar-refractivity contribution < 1.29 is 24.5 Å². The van der Waals surface area contributed by atoms with Gasteiger partial charge in [-0.25, -0.2) is 4.79 Å². The van der Waals surface area contributed by atoms with Gasteiger partial charge in [0.25, 0.3) is 0 Å². The Balaban J connectivity index is 1.91. The first-order valence-electron chi connectivity index (χ1n) is 8.43. The Kier molecular flexibility index (Phi) is 3.24. The van der Waals surface area contributed by atoms with Crippen molar-refractivity contribution >= 4 is 23.2 Å². The topological polar surface area (TPSA) is 102 Å². The Morgan fingerprint density at radius 3 is 2.11 bits per heavy atom. The average molecular weight is 391 g/mol. The Morgan fingerprint density at radius 1 is 0.929 bits per heavy atom. The largest absolute Gasteiger partial charge is 0.508 e. The van der Waals surface area contributed by atoms with E-state index in [0.29, 0.717) is 39.3 Å². The second kappa shape index (κ2) is 5.46. The van der Waals surface area contributed by atoms with Crippen molar-refractivity contribution in [3.63, 3.8) is 0 Å². The zero-order chi connectivity index (χ0) is 19.6. The normalized spacial score (nSPS) is 15.2. The number of hydrogen-bond donors (Lipinski definition) is 3. The van der Waals surface area contributed by atoms with Crippen LogP contribution in [0, 0.1) is 0 Å². The minimum absolute atomic E-state index is 0.000985. The van der Waals surface area contributed by atoms with Crippen LogP contribution >= 0.6 is 12.2 Å². The number of hydrogen-bond acceptors (Lipinski definition) is 6.